The summed E-state index contributed by atoms with van der Waals surface area (Å²) < 4.78 is 6.04. The minimum Gasteiger partial charge on any atom is -0.490 e. The van der Waals surface area contributed by atoms with E-state index in [2.05, 4.69) is 30.4 Å². The lowest BCUT2D eigenvalue weighted by atomic mass is 9.90. The zero-order chi connectivity index (χ0) is 12.4. The third-order valence-corrected chi connectivity index (χ3v) is 4.00. The monoisotopic (exact) mass is 245 g/mol. The molecule has 1 aliphatic heterocycles. The van der Waals surface area contributed by atoms with Crippen LogP contribution in [0, 0.1) is 12.8 Å². The van der Waals surface area contributed by atoms with E-state index in [1.54, 1.807) is 0 Å². The number of rotatable bonds is 4. The predicted molar refractivity (Wildman–Crippen MR) is 74.1 cm³/mol. The molecular formula is C16H23NO. The molecule has 1 heterocycles. The zero-order valence-electron chi connectivity index (χ0n) is 11.2. The molecule has 0 aromatic heterocycles. The first kappa shape index (κ1) is 12.0. The van der Waals surface area contributed by atoms with Crippen LogP contribution in [0.1, 0.15) is 36.8 Å². The molecule has 1 aromatic rings. The van der Waals surface area contributed by atoms with Crippen LogP contribution in [0.15, 0.2) is 18.2 Å². The van der Waals surface area contributed by atoms with Crippen LogP contribution in [-0.4, -0.2) is 19.2 Å². The van der Waals surface area contributed by atoms with Crippen molar-refractivity contribution in [3.05, 3.63) is 29.3 Å². The van der Waals surface area contributed by atoms with Crippen LogP contribution in [0.4, 0.5) is 0 Å². The van der Waals surface area contributed by atoms with Crippen molar-refractivity contribution in [1.82, 2.24) is 5.32 Å². The van der Waals surface area contributed by atoms with Crippen molar-refractivity contribution in [2.75, 3.05) is 13.1 Å². The van der Waals surface area contributed by atoms with Crippen molar-refractivity contribution in [2.45, 2.75) is 45.1 Å². The fourth-order valence-corrected chi connectivity index (χ4v) is 2.75. The standard InChI is InChI=1S/C16H23NO/c1-12-2-5-16(18-15-3-4-15)14(10-12)11-13-6-8-17-9-7-13/h2,5,10,13,15,17H,3-4,6-9,11H2,1H3. The van der Waals surface area contributed by atoms with Crippen LogP contribution in [-0.2, 0) is 6.42 Å². The Bertz CT molecular complexity index is 406. The second kappa shape index (κ2) is 5.31. The molecular weight excluding hydrogens is 222 g/mol. The molecule has 1 aliphatic carbocycles. The van der Waals surface area contributed by atoms with Crippen LogP contribution in [0.3, 0.4) is 0 Å². The average molecular weight is 245 g/mol. The van der Waals surface area contributed by atoms with Crippen LogP contribution in [0.25, 0.3) is 0 Å². The number of piperidine rings is 1. The van der Waals surface area contributed by atoms with Crippen molar-refractivity contribution in [1.29, 1.82) is 0 Å². The Hall–Kier alpha value is -1.02. The van der Waals surface area contributed by atoms with Gasteiger partial charge in [-0.25, -0.2) is 0 Å². The molecule has 1 saturated heterocycles. The molecule has 0 atom stereocenters. The van der Waals surface area contributed by atoms with Crippen molar-refractivity contribution in [2.24, 2.45) is 5.92 Å². The summed E-state index contributed by atoms with van der Waals surface area (Å²) in [6, 6.07) is 6.66. The van der Waals surface area contributed by atoms with E-state index in [9.17, 15) is 0 Å². The Morgan fingerprint density at radius 3 is 2.67 bits per heavy atom. The molecule has 1 N–H and O–H groups in total. The summed E-state index contributed by atoms with van der Waals surface area (Å²) in [5.41, 5.74) is 2.77. The zero-order valence-corrected chi connectivity index (χ0v) is 11.2. The quantitative estimate of drug-likeness (QED) is 0.880. The van der Waals surface area contributed by atoms with Gasteiger partial charge in [-0.15, -0.1) is 0 Å². The maximum absolute atomic E-state index is 6.04. The van der Waals surface area contributed by atoms with Crippen molar-refractivity contribution in [3.8, 4) is 5.75 Å². The van der Waals surface area contributed by atoms with Crippen molar-refractivity contribution >= 4 is 0 Å². The summed E-state index contributed by atoms with van der Waals surface area (Å²) in [5.74, 6) is 1.97. The van der Waals surface area contributed by atoms with Crippen molar-refractivity contribution < 1.29 is 4.74 Å². The number of hydrogen-bond donors (Lipinski definition) is 1. The van der Waals surface area contributed by atoms with Gasteiger partial charge in [-0.2, -0.15) is 0 Å². The topological polar surface area (TPSA) is 21.3 Å². The highest BCUT2D eigenvalue weighted by Crippen LogP contribution is 2.32. The summed E-state index contributed by atoms with van der Waals surface area (Å²) in [4.78, 5) is 0. The molecule has 3 rings (SSSR count). The molecule has 0 bridgehead atoms. The fraction of sp³-hybridized carbons (Fsp3) is 0.625. The van der Waals surface area contributed by atoms with Gasteiger partial charge in [0.2, 0.25) is 0 Å². The van der Waals surface area contributed by atoms with E-state index >= 15 is 0 Å². The van der Waals surface area contributed by atoms with Gasteiger partial charge in [0.05, 0.1) is 6.10 Å². The van der Waals surface area contributed by atoms with E-state index in [1.807, 2.05) is 0 Å². The Kier molecular flexibility index (Phi) is 3.55. The van der Waals surface area contributed by atoms with Crippen molar-refractivity contribution in [3.63, 3.8) is 0 Å². The first-order valence-electron chi connectivity index (χ1n) is 7.28. The van der Waals surface area contributed by atoms with Gasteiger partial charge in [-0.1, -0.05) is 17.7 Å². The second-order valence-electron chi connectivity index (χ2n) is 5.83. The number of aryl methyl sites for hydroxylation is 1. The molecule has 0 amide bonds. The highest BCUT2D eigenvalue weighted by Gasteiger charge is 2.25. The third kappa shape index (κ3) is 3.05. The van der Waals surface area contributed by atoms with Crippen LogP contribution >= 0.6 is 0 Å². The van der Waals surface area contributed by atoms with Gasteiger partial charge in [-0.3, -0.25) is 0 Å². The second-order valence-corrected chi connectivity index (χ2v) is 5.83. The first-order chi connectivity index (χ1) is 8.81. The molecule has 0 radical (unpaired) electrons. The Morgan fingerprint density at radius 1 is 1.17 bits per heavy atom. The van der Waals surface area contributed by atoms with E-state index in [0.29, 0.717) is 6.10 Å². The molecule has 2 aliphatic rings. The summed E-state index contributed by atoms with van der Waals surface area (Å²) in [7, 11) is 0. The highest BCUT2D eigenvalue weighted by atomic mass is 16.5. The van der Waals surface area contributed by atoms with Gasteiger partial charge in [0, 0.05) is 0 Å². The Balaban J connectivity index is 1.72. The number of ether oxygens (including phenoxy) is 1. The first-order valence-corrected chi connectivity index (χ1v) is 7.28. The fourth-order valence-electron chi connectivity index (χ4n) is 2.75. The molecule has 18 heavy (non-hydrogen) atoms. The molecule has 0 unspecified atom stereocenters. The molecule has 1 aromatic carbocycles. The van der Waals surface area contributed by atoms with Gasteiger partial charge in [0.25, 0.3) is 0 Å². The molecule has 2 heteroatoms. The number of benzene rings is 1. The van der Waals surface area contributed by atoms with Gasteiger partial charge >= 0.3 is 0 Å². The smallest absolute Gasteiger partial charge is 0.122 e. The van der Waals surface area contributed by atoms with E-state index in [0.717, 1.165) is 11.7 Å². The van der Waals surface area contributed by atoms with Crippen LogP contribution < -0.4 is 10.1 Å². The van der Waals surface area contributed by atoms with E-state index in [4.69, 9.17) is 4.74 Å². The molecule has 2 nitrogen and oxygen atoms in total. The SMILES string of the molecule is Cc1ccc(OC2CC2)c(CC2CCNCC2)c1. The maximum atomic E-state index is 6.04. The minimum absolute atomic E-state index is 0.500. The van der Waals surface area contributed by atoms with Gasteiger partial charge < -0.3 is 10.1 Å². The predicted octanol–water partition coefficient (Wildman–Crippen LogP) is 3.08. The number of nitrogens with one attached hydrogen (secondary N) is 1. The summed E-state index contributed by atoms with van der Waals surface area (Å²) >= 11 is 0. The normalized spacial score (nSPS) is 20.9. The number of hydrogen-bond acceptors (Lipinski definition) is 2. The van der Waals surface area contributed by atoms with E-state index < -0.39 is 0 Å². The maximum Gasteiger partial charge on any atom is 0.122 e. The molecule has 2 fully saturated rings. The van der Waals surface area contributed by atoms with Gasteiger partial charge in [0.1, 0.15) is 5.75 Å². The third-order valence-electron chi connectivity index (χ3n) is 4.00. The van der Waals surface area contributed by atoms with E-state index in [-0.39, 0.29) is 0 Å². The lowest BCUT2D eigenvalue weighted by Crippen LogP contribution is -2.28. The summed E-state index contributed by atoms with van der Waals surface area (Å²) in [5, 5.41) is 3.44. The lowest BCUT2D eigenvalue weighted by molar-refractivity contribution is 0.295. The molecule has 98 valence electrons. The largest absolute Gasteiger partial charge is 0.490 e. The molecule has 1 saturated carbocycles. The van der Waals surface area contributed by atoms with Gasteiger partial charge in [-0.05, 0) is 69.7 Å². The summed E-state index contributed by atoms with van der Waals surface area (Å²) in [6.07, 6.45) is 6.76. The highest BCUT2D eigenvalue weighted by molar-refractivity contribution is 5.37. The lowest BCUT2D eigenvalue weighted by Gasteiger charge is -2.23. The average Bonchev–Trinajstić information content (AvgIpc) is 3.18. The van der Waals surface area contributed by atoms with E-state index in [1.165, 1.54) is 56.3 Å². The Morgan fingerprint density at radius 2 is 1.94 bits per heavy atom. The minimum atomic E-state index is 0.500. The molecule has 0 spiro atoms. The van der Waals surface area contributed by atoms with Crippen LogP contribution in [0.2, 0.25) is 0 Å². The summed E-state index contributed by atoms with van der Waals surface area (Å²) in [6.45, 7) is 4.53. The van der Waals surface area contributed by atoms with Gasteiger partial charge in [0.15, 0.2) is 0 Å². The van der Waals surface area contributed by atoms with Crippen LogP contribution in [0.5, 0.6) is 5.75 Å². The Labute approximate surface area is 110 Å².